The highest BCUT2D eigenvalue weighted by molar-refractivity contribution is 6.46. The fourth-order valence-electron chi connectivity index (χ4n) is 4.34. The number of ketones is 1. The molecule has 0 saturated carbocycles. The third-order valence-corrected chi connectivity index (χ3v) is 6.33. The van der Waals surface area contributed by atoms with Crippen LogP contribution < -0.4 is 0 Å². The first-order valence-corrected chi connectivity index (χ1v) is 10.9. The molecule has 2 aliphatic rings. The molecule has 2 heterocycles. The predicted molar refractivity (Wildman–Crippen MR) is 120 cm³/mol. The fourth-order valence-corrected chi connectivity index (χ4v) is 4.34. The third-order valence-electron chi connectivity index (χ3n) is 6.33. The van der Waals surface area contributed by atoms with Crippen molar-refractivity contribution >= 4 is 17.4 Å². The molecule has 0 spiro atoms. The Hall–Kier alpha value is -3.23. The molecule has 33 heavy (non-hydrogen) atoms. The molecular weight excluding hydrogens is 427 g/mol. The van der Waals surface area contributed by atoms with Crippen LogP contribution in [0.15, 0.2) is 42.0 Å². The summed E-state index contributed by atoms with van der Waals surface area (Å²) in [5.41, 5.74) is 1.90. The number of likely N-dealkylation sites (tertiary alicyclic amines) is 1. The number of aromatic hydroxyl groups is 1. The van der Waals surface area contributed by atoms with Crippen LogP contribution in [-0.4, -0.2) is 71.1 Å². The Morgan fingerprint density at radius 3 is 2.48 bits per heavy atom. The van der Waals surface area contributed by atoms with Crippen LogP contribution in [0.5, 0.6) is 5.75 Å². The Morgan fingerprint density at radius 1 is 1.09 bits per heavy atom. The van der Waals surface area contributed by atoms with E-state index in [9.17, 15) is 24.2 Å². The fraction of sp³-hybridized carbons (Fsp3) is 0.360. The van der Waals surface area contributed by atoms with E-state index in [-0.39, 0.29) is 23.4 Å². The SMILES string of the molecule is Cc1cc(O)c(C(O)=C2C(=O)C(=O)N(CCN3CCOCC3)[C@H]2c2cccc(F)c2)cc1C. The lowest BCUT2D eigenvalue weighted by molar-refractivity contribution is -0.140. The van der Waals surface area contributed by atoms with Crippen molar-refractivity contribution in [2.45, 2.75) is 19.9 Å². The summed E-state index contributed by atoms with van der Waals surface area (Å²) in [6, 6.07) is 7.75. The summed E-state index contributed by atoms with van der Waals surface area (Å²) in [6.45, 7) is 6.98. The van der Waals surface area contributed by atoms with Crippen molar-refractivity contribution < 1.29 is 28.9 Å². The van der Waals surface area contributed by atoms with Crippen molar-refractivity contribution in [3.63, 3.8) is 0 Å². The second kappa shape index (κ2) is 9.33. The van der Waals surface area contributed by atoms with Crippen molar-refractivity contribution in [1.29, 1.82) is 0 Å². The van der Waals surface area contributed by atoms with Gasteiger partial charge >= 0.3 is 0 Å². The first kappa shape index (κ1) is 22.9. The van der Waals surface area contributed by atoms with Crippen LogP contribution in [0.25, 0.3) is 5.76 Å². The molecule has 1 amide bonds. The van der Waals surface area contributed by atoms with Crippen LogP contribution in [-0.2, 0) is 14.3 Å². The average Bonchev–Trinajstić information content (AvgIpc) is 3.05. The lowest BCUT2D eigenvalue weighted by Crippen LogP contribution is -2.42. The number of amides is 1. The summed E-state index contributed by atoms with van der Waals surface area (Å²) < 4.78 is 19.5. The third kappa shape index (κ3) is 4.49. The molecule has 0 radical (unpaired) electrons. The minimum absolute atomic E-state index is 0.0608. The number of phenols is 1. The molecule has 0 unspecified atom stereocenters. The highest BCUT2D eigenvalue weighted by Crippen LogP contribution is 2.41. The Kier molecular flexibility index (Phi) is 6.49. The van der Waals surface area contributed by atoms with Gasteiger partial charge in [0.2, 0.25) is 0 Å². The van der Waals surface area contributed by atoms with E-state index in [2.05, 4.69) is 4.90 Å². The summed E-state index contributed by atoms with van der Waals surface area (Å²) in [7, 11) is 0. The first-order chi connectivity index (χ1) is 15.8. The van der Waals surface area contributed by atoms with Crippen LogP contribution >= 0.6 is 0 Å². The van der Waals surface area contributed by atoms with E-state index in [1.54, 1.807) is 12.1 Å². The molecular formula is C25H27FN2O5. The van der Waals surface area contributed by atoms with Crippen LogP contribution in [0.4, 0.5) is 4.39 Å². The van der Waals surface area contributed by atoms with Gasteiger partial charge in [-0.3, -0.25) is 14.5 Å². The number of halogens is 1. The van der Waals surface area contributed by atoms with E-state index in [1.165, 1.54) is 29.2 Å². The number of carbonyl (C=O) groups excluding carboxylic acids is 2. The van der Waals surface area contributed by atoms with E-state index >= 15 is 0 Å². The van der Waals surface area contributed by atoms with Crippen molar-refractivity contribution in [2.24, 2.45) is 0 Å². The molecule has 0 bridgehead atoms. The molecule has 2 saturated heterocycles. The maximum absolute atomic E-state index is 14.1. The van der Waals surface area contributed by atoms with Gasteiger partial charge in [-0.1, -0.05) is 12.1 Å². The monoisotopic (exact) mass is 454 g/mol. The maximum Gasteiger partial charge on any atom is 0.295 e. The van der Waals surface area contributed by atoms with Gasteiger partial charge in [0.25, 0.3) is 11.7 Å². The molecule has 0 aliphatic carbocycles. The summed E-state index contributed by atoms with van der Waals surface area (Å²) in [4.78, 5) is 29.6. The molecule has 2 aromatic carbocycles. The second-order valence-corrected chi connectivity index (χ2v) is 8.46. The van der Waals surface area contributed by atoms with Crippen LogP contribution in [0.3, 0.4) is 0 Å². The Bertz CT molecular complexity index is 1120. The summed E-state index contributed by atoms with van der Waals surface area (Å²) >= 11 is 0. The number of ether oxygens (including phenoxy) is 1. The van der Waals surface area contributed by atoms with Gasteiger partial charge in [-0.25, -0.2) is 4.39 Å². The van der Waals surface area contributed by atoms with E-state index in [4.69, 9.17) is 4.74 Å². The quantitative estimate of drug-likeness (QED) is 0.410. The van der Waals surface area contributed by atoms with Gasteiger partial charge in [0.05, 0.1) is 30.4 Å². The number of hydrogen-bond donors (Lipinski definition) is 2. The zero-order valence-corrected chi connectivity index (χ0v) is 18.7. The minimum Gasteiger partial charge on any atom is -0.507 e. The number of rotatable bonds is 5. The van der Waals surface area contributed by atoms with Gasteiger partial charge in [0.15, 0.2) is 0 Å². The molecule has 2 aliphatic heterocycles. The van der Waals surface area contributed by atoms with E-state index < -0.39 is 29.3 Å². The number of hydrogen-bond acceptors (Lipinski definition) is 6. The number of benzene rings is 2. The number of carbonyl (C=O) groups is 2. The predicted octanol–water partition coefficient (Wildman–Crippen LogP) is 2.90. The first-order valence-electron chi connectivity index (χ1n) is 10.9. The number of aryl methyl sites for hydroxylation is 2. The molecule has 2 aromatic rings. The van der Waals surface area contributed by atoms with E-state index in [0.29, 0.717) is 38.4 Å². The van der Waals surface area contributed by atoms with Gasteiger partial charge in [-0.15, -0.1) is 0 Å². The average molecular weight is 454 g/mol. The standard InChI is InChI=1S/C25H27FN2O5/c1-15-12-19(20(29)13-16(15)2)23(30)21-22(17-4-3-5-18(26)14-17)28(25(32)24(21)31)7-6-27-8-10-33-11-9-27/h3-5,12-14,22,29-30H,6-11H2,1-2H3/t22-/m0/s1. The Labute approximate surface area is 191 Å². The number of nitrogens with zero attached hydrogens (tertiary/aromatic N) is 2. The zero-order valence-electron chi connectivity index (χ0n) is 18.7. The minimum atomic E-state index is -0.970. The van der Waals surface area contributed by atoms with Crippen molar-refractivity contribution in [3.05, 3.63) is 70.0 Å². The largest absolute Gasteiger partial charge is 0.507 e. The highest BCUT2D eigenvalue weighted by Gasteiger charge is 2.46. The van der Waals surface area contributed by atoms with Gasteiger partial charge in [-0.05, 0) is 54.8 Å². The van der Waals surface area contributed by atoms with Crippen LogP contribution in [0.1, 0.15) is 28.3 Å². The summed E-state index contributed by atoms with van der Waals surface area (Å²) in [6.07, 6.45) is 0. The molecule has 2 N–H and O–H groups in total. The maximum atomic E-state index is 14.1. The molecule has 7 nitrogen and oxygen atoms in total. The number of morpholine rings is 1. The Balaban J connectivity index is 1.79. The number of Topliss-reactive ketones (excluding diaryl/α,β-unsaturated/α-hetero) is 1. The zero-order chi connectivity index (χ0) is 23.7. The van der Waals surface area contributed by atoms with Crippen LogP contribution in [0.2, 0.25) is 0 Å². The van der Waals surface area contributed by atoms with E-state index in [1.807, 2.05) is 13.8 Å². The summed E-state index contributed by atoms with van der Waals surface area (Å²) in [5, 5.41) is 21.6. The van der Waals surface area contributed by atoms with Crippen molar-refractivity contribution in [3.8, 4) is 5.75 Å². The van der Waals surface area contributed by atoms with E-state index in [0.717, 1.165) is 11.1 Å². The summed E-state index contributed by atoms with van der Waals surface area (Å²) in [5.74, 6) is -2.81. The molecule has 1 atom stereocenters. The number of phenolic OH excluding ortho intramolecular Hbond substituents is 1. The number of aliphatic hydroxyl groups excluding tert-OH is 1. The van der Waals surface area contributed by atoms with Gasteiger partial charge in [-0.2, -0.15) is 0 Å². The Morgan fingerprint density at radius 2 is 1.79 bits per heavy atom. The van der Waals surface area contributed by atoms with Crippen LogP contribution in [0, 0.1) is 19.7 Å². The molecule has 174 valence electrons. The normalized spacial score (nSPS) is 21.1. The van der Waals surface area contributed by atoms with Gasteiger partial charge in [0, 0.05) is 26.2 Å². The number of aliphatic hydroxyl groups is 1. The van der Waals surface area contributed by atoms with Gasteiger partial charge < -0.3 is 19.8 Å². The highest BCUT2D eigenvalue weighted by atomic mass is 19.1. The molecule has 2 fully saturated rings. The smallest absolute Gasteiger partial charge is 0.295 e. The molecule has 4 rings (SSSR count). The van der Waals surface area contributed by atoms with Crippen molar-refractivity contribution in [1.82, 2.24) is 9.80 Å². The lowest BCUT2D eigenvalue weighted by atomic mass is 9.93. The van der Waals surface area contributed by atoms with Gasteiger partial charge in [0.1, 0.15) is 17.3 Å². The topological polar surface area (TPSA) is 90.3 Å². The second-order valence-electron chi connectivity index (χ2n) is 8.46. The molecule has 0 aromatic heterocycles. The molecule has 8 heteroatoms. The van der Waals surface area contributed by atoms with Crippen molar-refractivity contribution in [2.75, 3.05) is 39.4 Å². The lowest BCUT2D eigenvalue weighted by Gasteiger charge is -2.31.